The molecule has 53 heavy (non-hydrogen) atoms. The van der Waals surface area contributed by atoms with Crippen LogP contribution < -0.4 is 19.9 Å². The molecule has 2 saturated heterocycles. The first-order valence-corrected chi connectivity index (χ1v) is 18.1. The number of carbonyl (C=O) groups is 2. The molecule has 2 bridgehead atoms. The maximum absolute atomic E-state index is 14.7. The number of nitrogens with zero attached hydrogens (tertiary/aromatic N) is 7. The average Bonchev–Trinajstić information content (AvgIpc) is 3.58. The zero-order valence-corrected chi connectivity index (χ0v) is 29.1. The van der Waals surface area contributed by atoms with Crippen LogP contribution in [0.15, 0.2) is 30.9 Å². The minimum Gasteiger partial charge on any atom is -0.479 e. The molecular weight excluding hydrogens is 700 g/mol. The number of aliphatic carboxylic acids is 1. The third-order valence-electron chi connectivity index (χ3n) is 11.8. The first-order chi connectivity index (χ1) is 25.3. The van der Waals surface area contributed by atoms with Gasteiger partial charge in [-0.3, -0.25) is 4.79 Å². The van der Waals surface area contributed by atoms with Crippen molar-refractivity contribution < 1.29 is 41.7 Å². The molecule has 6 heterocycles. The van der Waals surface area contributed by atoms with Crippen LogP contribution in [0.3, 0.4) is 0 Å². The monoisotopic (exact) mass is 740 g/mol. The second-order valence-electron chi connectivity index (χ2n) is 15.3. The standard InChI is InChI=1S/C36H40F4N8O5/c1-20-10-21-12-22(11-20)35(14-21,31(50)51)46-30(49)25-17-44-33(45-29(25)36(38,39)40)48-19-34(4-8-52-9-5-34)26-13-28(41-18-27(26)48)53-24-2-6-47(7-3-24)32-42-15-23(37)16-43-32/h13,15-18,20-22,24H,2-12,14,19H2,1H3,(H,46,49)(H,50,51). The Balaban J connectivity index is 1.05. The Hall–Kier alpha value is -4.67. The van der Waals surface area contributed by atoms with Crippen molar-refractivity contribution in [3.8, 4) is 5.88 Å². The topological polar surface area (TPSA) is 156 Å². The van der Waals surface area contributed by atoms with Crippen LogP contribution in [0.25, 0.3) is 0 Å². The number of hydrogen-bond acceptors (Lipinski definition) is 11. The van der Waals surface area contributed by atoms with Gasteiger partial charge in [0.25, 0.3) is 5.91 Å². The Morgan fingerprint density at radius 3 is 2.42 bits per heavy atom. The number of carboxylic acids is 1. The van der Waals surface area contributed by atoms with Gasteiger partial charge in [-0.05, 0) is 61.8 Å². The first-order valence-electron chi connectivity index (χ1n) is 18.1. The molecule has 1 amide bonds. The maximum atomic E-state index is 14.7. The molecule has 5 aliphatic rings. The average molecular weight is 741 g/mol. The van der Waals surface area contributed by atoms with Crippen LogP contribution in [0.4, 0.5) is 35.1 Å². The second kappa shape index (κ2) is 13.3. The van der Waals surface area contributed by atoms with Crippen molar-refractivity contribution in [2.45, 2.75) is 81.5 Å². The molecule has 0 aromatic carbocycles. The Labute approximate surface area is 302 Å². The molecule has 4 unspecified atom stereocenters. The zero-order chi connectivity index (χ0) is 37.1. The second-order valence-corrected chi connectivity index (χ2v) is 15.3. The molecule has 8 rings (SSSR count). The molecule has 3 aliphatic heterocycles. The van der Waals surface area contributed by atoms with Crippen LogP contribution in [0.2, 0.25) is 0 Å². The van der Waals surface area contributed by atoms with Gasteiger partial charge in [-0.25, -0.2) is 34.1 Å². The lowest BCUT2D eigenvalue weighted by molar-refractivity contribution is -0.146. The van der Waals surface area contributed by atoms with E-state index >= 15 is 0 Å². The molecule has 4 atom stereocenters. The highest BCUT2D eigenvalue weighted by molar-refractivity contribution is 5.99. The number of ether oxygens (including phenoxy) is 2. The van der Waals surface area contributed by atoms with Crippen molar-refractivity contribution in [1.29, 1.82) is 0 Å². The van der Waals surface area contributed by atoms with Gasteiger partial charge in [-0.2, -0.15) is 13.2 Å². The van der Waals surface area contributed by atoms with Crippen LogP contribution in [0, 0.1) is 23.6 Å². The predicted octanol–water partition coefficient (Wildman–Crippen LogP) is 5.08. The normalized spacial score (nSPS) is 26.8. The summed E-state index contributed by atoms with van der Waals surface area (Å²) in [7, 11) is 0. The molecular formula is C36H40F4N8O5. The minimum atomic E-state index is -5.03. The van der Waals surface area contributed by atoms with Crippen molar-refractivity contribution >= 4 is 29.5 Å². The van der Waals surface area contributed by atoms with Crippen molar-refractivity contribution in [3.05, 3.63) is 53.5 Å². The van der Waals surface area contributed by atoms with E-state index in [0.717, 1.165) is 30.6 Å². The molecule has 3 aromatic heterocycles. The lowest BCUT2D eigenvalue weighted by Gasteiger charge is -2.34. The Bertz CT molecular complexity index is 1890. The number of carboxylic acid groups (broad SMARTS) is 1. The van der Waals surface area contributed by atoms with Gasteiger partial charge in [-0.1, -0.05) is 6.92 Å². The molecule has 1 spiro atoms. The molecule has 13 nitrogen and oxygen atoms in total. The maximum Gasteiger partial charge on any atom is 0.434 e. The van der Waals surface area contributed by atoms with Crippen molar-refractivity contribution in [1.82, 2.24) is 30.2 Å². The number of amides is 1. The van der Waals surface area contributed by atoms with Gasteiger partial charge in [-0.15, -0.1) is 0 Å². The number of carbonyl (C=O) groups excluding carboxylic acids is 1. The Morgan fingerprint density at radius 2 is 1.72 bits per heavy atom. The fourth-order valence-corrected chi connectivity index (χ4v) is 9.35. The van der Waals surface area contributed by atoms with Crippen LogP contribution >= 0.6 is 0 Å². The fraction of sp³-hybridized carbons (Fsp3) is 0.583. The number of pyridine rings is 1. The molecule has 282 valence electrons. The van der Waals surface area contributed by atoms with E-state index in [0.29, 0.717) is 82.3 Å². The Morgan fingerprint density at radius 1 is 1.00 bits per heavy atom. The summed E-state index contributed by atoms with van der Waals surface area (Å²) in [6.07, 6.45) is 4.12. The third kappa shape index (κ3) is 6.50. The fourth-order valence-electron chi connectivity index (χ4n) is 9.35. The van der Waals surface area contributed by atoms with Crippen LogP contribution in [-0.4, -0.2) is 86.4 Å². The molecule has 2 N–H and O–H groups in total. The first kappa shape index (κ1) is 35.4. The highest BCUT2D eigenvalue weighted by Gasteiger charge is 2.57. The summed E-state index contributed by atoms with van der Waals surface area (Å²) in [5.74, 6) is -2.37. The molecule has 2 aliphatic carbocycles. The highest BCUT2D eigenvalue weighted by Crippen LogP contribution is 2.52. The summed E-state index contributed by atoms with van der Waals surface area (Å²) in [6, 6.07) is 1.84. The summed E-state index contributed by atoms with van der Waals surface area (Å²) in [6.45, 7) is 4.39. The summed E-state index contributed by atoms with van der Waals surface area (Å²) < 4.78 is 69.3. The number of aromatic nitrogens is 5. The van der Waals surface area contributed by atoms with Crippen LogP contribution in [-0.2, 0) is 21.1 Å². The SMILES string of the molecule is CC1CC2CC(C1)C(NC(=O)c1cnc(N3CC4(CCOCC4)c4cc(OC5CCN(c6ncc(F)cn6)CC5)ncc43)nc1C(F)(F)F)(C(=O)O)C2. The zero-order valence-electron chi connectivity index (χ0n) is 29.1. The van der Waals surface area contributed by atoms with E-state index in [-0.39, 0.29) is 42.8 Å². The summed E-state index contributed by atoms with van der Waals surface area (Å²) in [5.41, 5.74) is -3.04. The number of hydrogen-bond donors (Lipinski definition) is 2. The van der Waals surface area contributed by atoms with E-state index in [4.69, 9.17) is 9.47 Å². The van der Waals surface area contributed by atoms with Gasteiger partial charge in [0, 0.05) is 63.4 Å². The minimum absolute atomic E-state index is 0.0732. The van der Waals surface area contributed by atoms with E-state index in [1.54, 1.807) is 11.1 Å². The molecule has 0 radical (unpaired) electrons. The molecule has 17 heteroatoms. The smallest absolute Gasteiger partial charge is 0.434 e. The summed E-state index contributed by atoms with van der Waals surface area (Å²) in [4.78, 5) is 50.7. The largest absolute Gasteiger partial charge is 0.479 e. The number of halogens is 4. The van der Waals surface area contributed by atoms with E-state index in [1.807, 2.05) is 17.9 Å². The highest BCUT2D eigenvalue weighted by atomic mass is 19.4. The van der Waals surface area contributed by atoms with Crippen molar-refractivity contribution in [2.75, 3.05) is 42.6 Å². The molecule has 4 fully saturated rings. The third-order valence-corrected chi connectivity index (χ3v) is 11.8. The van der Waals surface area contributed by atoms with Crippen molar-refractivity contribution in [2.24, 2.45) is 17.8 Å². The number of anilines is 3. The summed E-state index contributed by atoms with van der Waals surface area (Å²) >= 11 is 0. The van der Waals surface area contributed by atoms with E-state index in [1.165, 1.54) is 0 Å². The van der Waals surface area contributed by atoms with Crippen LogP contribution in [0.5, 0.6) is 5.88 Å². The molecule has 2 saturated carbocycles. The summed E-state index contributed by atoms with van der Waals surface area (Å²) in [5, 5.41) is 12.8. The Kier molecular flexibility index (Phi) is 8.89. The number of piperidine rings is 1. The predicted molar refractivity (Wildman–Crippen MR) is 180 cm³/mol. The van der Waals surface area contributed by atoms with Gasteiger partial charge in [0.2, 0.25) is 17.8 Å². The van der Waals surface area contributed by atoms with Crippen LogP contribution in [0.1, 0.15) is 79.9 Å². The number of fused-ring (bicyclic) bond motifs is 4. The van der Waals surface area contributed by atoms with Crippen molar-refractivity contribution in [3.63, 3.8) is 0 Å². The van der Waals surface area contributed by atoms with E-state index in [9.17, 15) is 32.3 Å². The van der Waals surface area contributed by atoms with Gasteiger partial charge in [0.15, 0.2) is 11.5 Å². The van der Waals surface area contributed by atoms with Gasteiger partial charge in [0.1, 0.15) is 11.6 Å². The van der Waals surface area contributed by atoms with E-state index in [2.05, 4.69) is 30.2 Å². The quantitative estimate of drug-likeness (QED) is 0.311. The van der Waals surface area contributed by atoms with Gasteiger partial charge >= 0.3 is 12.1 Å². The lowest BCUT2D eigenvalue weighted by atomic mass is 9.76. The molecule has 3 aromatic rings. The van der Waals surface area contributed by atoms with E-state index < -0.39 is 46.1 Å². The van der Waals surface area contributed by atoms with Gasteiger partial charge < -0.3 is 29.7 Å². The number of rotatable bonds is 7. The number of alkyl halides is 3. The van der Waals surface area contributed by atoms with Gasteiger partial charge in [0.05, 0.1) is 29.8 Å². The number of nitrogens with one attached hydrogen (secondary N) is 1. The lowest BCUT2D eigenvalue weighted by Crippen LogP contribution is -2.57.